The van der Waals surface area contributed by atoms with Crippen LogP contribution in [0.4, 0.5) is 0 Å². The Kier molecular flexibility index (Phi) is 6.18. The fourth-order valence-electron chi connectivity index (χ4n) is 2.78. The van der Waals surface area contributed by atoms with Crippen LogP contribution in [0.3, 0.4) is 0 Å². The van der Waals surface area contributed by atoms with Gasteiger partial charge in [0, 0.05) is 25.5 Å². The van der Waals surface area contributed by atoms with Gasteiger partial charge in [0.15, 0.2) is 0 Å². The van der Waals surface area contributed by atoms with Crippen LogP contribution in [0.25, 0.3) is 0 Å². The Morgan fingerprint density at radius 2 is 1.88 bits per heavy atom. The Balaban J connectivity index is 1.62. The molecule has 0 N–H and O–H groups in total. The van der Waals surface area contributed by atoms with Gasteiger partial charge in [0.25, 0.3) is 5.91 Å². The molecular formula is C21H26N2O2. The van der Waals surface area contributed by atoms with Crippen molar-refractivity contribution in [3.05, 3.63) is 66.0 Å². The molecule has 1 fully saturated rings. The summed E-state index contributed by atoms with van der Waals surface area (Å²) in [6, 6.07) is 14.2. The summed E-state index contributed by atoms with van der Waals surface area (Å²) < 4.78 is 5.79. The zero-order valence-electron chi connectivity index (χ0n) is 14.8. The van der Waals surface area contributed by atoms with Gasteiger partial charge in [-0.3, -0.25) is 9.78 Å². The lowest BCUT2D eigenvalue weighted by Gasteiger charge is -2.26. The first-order valence-electron chi connectivity index (χ1n) is 9.05. The average molecular weight is 338 g/mol. The summed E-state index contributed by atoms with van der Waals surface area (Å²) in [4.78, 5) is 18.8. The Morgan fingerprint density at radius 1 is 1.16 bits per heavy atom. The van der Waals surface area contributed by atoms with Gasteiger partial charge >= 0.3 is 0 Å². The molecule has 1 aliphatic rings. The van der Waals surface area contributed by atoms with E-state index < -0.39 is 6.10 Å². The molecule has 0 aliphatic heterocycles. The largest absolute Gasteiger partial charge is 0.368 e. The maximum absolute atomic E-state index is 12.9. The average Bonchev–Trinajstić information content (AvgIpc) is 3.49. The van der Waals surface area contributed by atoms with Crippen LogP contribution in [0.1, 0.15) is 30.9 Å². The van der Waals surface area contributed by atoms with Crippen LogP contribution < -0.4 is 0 Å². The molecule has 132 valence electrons. The number of pyridine rings is 1. The van der Waals surface area contributed by atoms with Crippen molar-refractivity contribution >= 4 is 5.91 Å². The molecule has 25 heavy (non-hydrogen) atoms. The highest BCUT2D eigenvalue weighted by Crippen LogP contribution is 2.29. The molecule has 1 heterocycles. The Labute approximate surface area is 149 Å². The molecule has 1 unspecified atom stereocenters. The van der Waals surface area contributed by atoms with Gasteiger partial charge in [-0.15, -0.1) is 0 Å². The number of aromatic nitrogens is 1. The number of carbonyl (C=O) groups excluding carboxylic acids is 1. The predicted octanol–water partition coefficient (Wildman–Crippen LogP) is 3.47. The highest BCUT2D eigenvalue weighted by Gasteiger charge is 2.26. The first kappa shape index (κ1) is 17.6. The van der Waals surface area contributed by atoms with E-state index in [4.69, 9.17) is 4.74 Å². The van der Waals surface area contributed by atoms with E-state index in [0.29, 0.717) is 25.6 Å². The summed E-state index contributed by atoms with van der Waals surface area (Å²) >= 11 is 0. The maximum atomic E-state index is 12.9. The lowest BCUT2D eigenvalue weighted by Crippen LogP contribution is -2.40. The van der Waals surface area contributed by atoms with E-state index in [1.165, 1.54) is 18.4 Å². The van der Waals surface area contributed by atoms with Crippen molar-refractivity contribution in [2.45, 2.75) is 38.8 Å². The first-order valence-corrected chi connectivity index (χ1v) is 9.05. The van der Waals surface area contributed by atoms with E-state index in [1.807, 2.05) is 42.2 Å². The van der Waals surface area contributed by atoms with Gasteiger partial charge in [0.2, 0.25) is 0 Å². The van der Waals surface area contributed by atoms with Crippen LogP contribution in [-0.2, 0) is 22.5 Å². The summed E-state index contributed by atoms with van der Waals surface area (Å²) in [7, 11) is 0. The van der Waals surface area contributed by atoms with Crippen LogP contribution in [0, 0.1) is 5.92 Å². The zero-order valence-corrected chi connectivity index (χ0v) is 14.8. The highest BCUT2D eigenvalue weighted by molar-refractivity contribution is 5.80. The van der Waals surface area contributed by atoms with Crippen molar-refractivity contribution in [2.24, 2.45) is 5.92 Å². The van der Waals surface area contributed by atoms with Crippen molar-refractivity contribution in [3.8, 4) is 0 Å². The van der Waals surface area contributed by atoms with Gasteiger partial charge < -0.3 is 9.64 Å². The number of nitrogens with zero attached hydrogens (tertiary/aromatic N) is 2. The van der Waals surface area contributed by atoms with Gasteiger partial charge in [-0.05, 0) is 55.4 Å². The molecule has 3 rings (SSSR count). The zero-order chi connectivity index (χ0) is 17.5. The molecule has 1 saturated carbocycles. The summed E-state index contributed by atoms with van der Waals surface area (Å²) in [5.41, 5.74) is 2.33. The van der Waals surface area contributed by atoms with E-state index in [9.17, 15) is 4.79 Å². The summed E-state index contributed by atoms with van der Waals surface area (Å²) in [6.45, 7) is 3.84. The molecule has 1 amide bonds. The Hall–Kier alpha value is -2.20. The molecule has 0 radical (unpaired) electrons. The SMILES string of the molecule is CC(OCC1CC1)C(=O)N(CCc1ccccc1)Cc1ccncc1. The number of carbonyl (C=O) groups is 1. The maximum Gasteiger partial charge on any atom is 0.251 e. The summed E-state index contributed by atoms with van der Waals surface area (Å²) in [6.07, 6.45) is 6.45. The van der Waals surface area contributed by atoms with Crippen molar-refractivity contribution in [2.75, 3.05) is 13.2 Å². The van der Waals surface area contributed by atoms with Crippen LogP contribution in [0.15, 0.2) is 54.9 Å². The second kappa shape index (κ2) is 8.77. The highest BCUT2D eigenvalue weighted by atomic mass is 16.5. The molecule has 0 saturated heterocycles. The smallest absolute Gasteiger partial charge is 0.251 e. The fraction of sp³-hybridized carbons (Fsp3) is 0.429. The fourth-order valence-corrected chi connectivity index (χ4v) is 2.78. The predicted molar refractivity (Wildman–Crippen MR) is 97.9 cm³/mol. The van der Waals surface area contributed by atoms with Crippen molar-refractivity contribution in [1.29, 1.82) is 0 Å². The lowest BCUT2D eigenvalue weighted by atomic mass is 10.1. The standard InChI is InChI=1S/C21H26N2O2/c1-17(25-16-20-7-8-20)21(24)23(15-19-9-12-22-13-10-19)14-11-18-5-3-2-4-6-18/h2-6,9-10,12-13,17,20H,7-8,11,14-16H2,1H3. The quantitative estimate of drug-likeness (QED) is 0.703. The first-order chi connectivity index (χ1) is 12.2. The molecule has 1 aliphatic carbocycles. The topological polar surface area (TPSA) is 42.4 Å². The third-order valence-corrected chi connectivity index (χ3v) is 4.57. The Morgan fingerprint density at radius 3 is 2.56 bits per heavy atom. The molecule has 0 spiro atoms. The number of benzene rings is 1. The minimum atomic E-state index is -0.391. The number of hydrogen-bond donors (Lipinski definition) is 0. The monoisotopic (exact) mass is 338 g/mol. The van der Waals surface area contributed by atoms with Crippen molar-refractivity contribution in [3.63, 3.8) is 0 Å². The van der Waals surface area contributed by atoms with E-state index in [0.717, 1.165) is 12.0 Å². The normalized spacial score (nSPS) is 14.9. The number of ether oxygens (including phenoxy) is 1. The molecule has 0 bridgehead atoms. The summed E-state index contributed by atoms with van der Waals surface area (Å²) in [5, 5.41) is 0. The molecule has 1 aromatic carbocycles. The number of hydrogen-bond acceptors (Lipinski definition) is 3. The van der Waals surface area contributed by atoms with Crippen LogP contribution in [0.2, 0.25) is 0 Å². The van der Waals surface area contributed by atoms with Crippen LogP contribution in [0.5, 0.6) is 0 Å². The number of amides is 1. The van der Waals surface area contributed by atoms with Crippen molar-refractivity contribution < 1.29 is 9.53 Å². The summed E-state index contributed by atoms with van der Waals surface area (Å²) in [5.74, 6) is 0.724. The lowest BCUT2D eigenvalue weighted by molar-refractivity contribution is -0.143. The van der Waals surface area contributed by atoms with E-state index in [2.05, 4.69) is 17.1 Å². The van der Waals surface area contributed by atoms with Gasteiger partial charge in [-0.1, -0.05) is 30.3 Å². The van der Waals surface area contributed by atoms with Crippen LogP contribution >= 0.6 is 0 Å². The van der Waals surface area contributed by atoms with Gasteiger partial charge in [-0.25, -0.2) is 0 Å². The Bertz CT molecular complexity index is 656. The number of rotatable bonds is 9. The third-order valence-electron chi connectivity index (χ3n) is 4.57. The van der Waals surface area contributed by atoms with Crippen LogP contribution in [-0.4, -0.2) is 35.0 Å². The second-order valence-corrected chi connectivity index (χ2v) is 6.77. The van der Waals surface area contributed by atoms with E-state index in [-0.39, 0.29) is 5.91 Å². The van der Waals surface area contributed by atoms with Gasteiger partial charge in [0.1, 0.15) is 6.10 Å². The molecule has 1 atom stereocenters. The van der Waals surface area contributed by atoms with E-state index in [1.54, 1.807) is 12.4 Å². The molecule has 2 aromatic rings. The van der Waals surface area contributed by atoms with Gasteiger partial charge in [0.05, 0.1) is 6.61 Å². The molecular weight excluding hydrogens is 312 g/mol. The molecule has 4 heteroatoms. The third kappa shape index (κ3) is 5.68. The van der Waals surface area contributed by atoms with Crippen molar-refractivity contribution in [1.82, 2.24) is 9.88 Å². The minimum Gasteiger partial charge on any atom is -0.368 e. The molecule has 1 aromatic heterocycles. The minimum absolute atomic E-state index is 0.0633. The molecule has 4 nitrogen and oxygen atoms in total. The van der Waals surface area contributed by atoms with Gasteiger partial charge in [-0.2, -0.15) is 0 Å². The second-order valence-electron chi connectivity index (χ2n) is 6.77. The van der Waals surface area contributed by atoms with E-state index >= 15 is 0 Å².